The highest BCUT2D eigenvalue weighted by Gasteiger charge is 2.12. The first-order valence-electron chi connectivity index (χ1n) is 7.53. The fourth-order valence-electron chi connectivity index (χ4n) is 2.22. The minimum Gasteiger partial charge on any atom is -0.495 e. The second-order valence-electron chi connectivity index (χ2n) is 5.40. The first kappa shape index (κ1) is 16.9. The van der Waals surface area contributed by atoms with Gasteiger partial charge in [-0.15, -0.1) is 10.2 Å². The van der Waals surface area contributed by atoms with Crippen molar-refractivity contribution in [1.29, 1.82) is 0 Å². The number of aromatic nitrogens is 4. The predicted molar refractivity (Wildman–Crippen MR) is 94.6 cm³/mol. The second-order valence-corrected chi connectivity index (χ2v) is 5.84. The molecule has 3 rings (SSSR count). The Bertz CT molecular complexity index is 892. The van der Waals surface area contributed by atoms with E-state index in [-0.39, 0.29) is 12.5 Å². The molecule has 0 fully saturated rings. The summed E-state index contributed by atoms with van der Waals surface area (Å²) < 4.78 is 5.20. The van der Waals surface area contributed by atoms with Crippen LogP contribution in [0.3, 0.4) is 0 Å². The number of hydrogen-bond donors (Lipinski definition) is 1. The van der Waals surface area contributed by atoms with Crippen LogP contribution in [0.15, 0.2) is 42.5 Å². The maximum Gasteiger partial charge on any atom is 0.248 e. The van der Waals surface area contributed by atoms with Crippen LogP contribution in [0.4, 0.5) is 5.69 Å². The number of halogens is 1. The van der Waals surface area contributed by atoms with Gasteiger partial charge >= 0.3 is 0 Å². The smallest absolute Gasteiger partial charge is 0.248 e. The van der Waals surface area contributed by atoms with E-state index < -0.39 is 0 Å². The molecule has 0 saturated carbocycles. The van der Waals surface area contributed by atoms with Gasteiger partial charge in [-0.1, -0.05) is 41.4 Å². The summed E-state index contributed by atoms with van der Waals surface area (Å²) in [7, 11) is 1.52. The van der Waals surface area contributed by atoms with E-state index in [1.165, 1.54) is 11.9 Å². The third kappa shape index (κ3) is 4.13. The van der Waals surface area contributed by atoms with Crippen molar-refractivity contribution >= 4 is 23.2 Å². The number of carbonyl (C=O) groups excluding carboxylic acids is 1. The lowest BCUT2D eigenvalue weighted by molar-refractivity contribution is -0.117. The van der Waals surface area contributed by atoms with Crippen molar-refractivity contribution in [3.8, 4) is 17.1 Å². The van der Waals surface area contributed by atoms with Crippen LogP contribution in [-0.4, -0.2) is 33.2 Å². The molecule has 0 unspecified atom stereocenters. The number of anilines is 1. The van der Waals surface area contributed by atoms with Crippen LogP contribution in [0.1, 0.15) is 5.56 Å². The van der Waals surface area contributed by atoms with Crippen LogP contribution in [0.5, 0.6) is 5.75 Å². The van der Waals surface area contributed by atoms with E-state index in [0.29, 0.717) is 22.3 Å². The number of benzene rings is 2. The molecule has 1 N–H and O–H groups in total. The average molecular weight is 358 g/mol. The van der Waals surface area contributed by atoms with Gasteiger partial charge in [0.25, 0.3) is 0 Å². The zero-order valence-electron chi connectivity index (χ0n) is 13.7. The van der Waals surface area contributed by atoms with Crippen molar-refractivity contribution in [2.75, 3.05) is 12.4 Å². The third-order valence-corrected chi connectivity index (χ3v) is 3.72. The quantitative estimate of drug-likeness (QED) is 0.759. The Labute approximate surface area is 149 Å². The highest BCUT2D eigenvalue weighted by atomic mass is 35.5. The van der Waals surface area contributed by atoms with Gasteiger partial charge in [-0.25, -0.2) is 0 Å². The molecule has 8 heteroatoms. The van der Waals surface area contributed by atoms with Crippen LogP contribution < -0.4 is 10.1 Å². The summed E-state index contributed by atoms with van der Waals surface area (Å²) in [5.41, 5.74) is 2.47. The van der Waals surface area contributed by atoms with Crippen molar-refractivity contribution in [3.05, 3.63) is 53.1 Å². The number of carbonyl (C=O) groups is 1. The largest absolute Gasteiger partial charge is 0.495 e. The molecule has 25 heavy (non-hydrogen) atoms. The van der Waals surface area contributed by atoms with E-state index in [2.05, 4.69) is 20.7 Å². The zero-order chi connectivity index (χ0) is 17.8. The second kappa shape index (κ2) is 7.31. The van der Waals surface area contributed by atoms with Gasteiger partial charge < -0.3 is 10.1 Å². The van der Waals surface area contributed by atoms with Crippen molar-refractivity contribution < 1.29 is 9.53 Å². The Morgan fingerprint density at radius 1 is 1.24 bits per heavy atom. The molecule has 1 aromatic heterocycles. The van der Waals surface area contributed by atoms with Crippen LogP contribution >= 0.6 is 11.6 Å². The molecule has 2 aromatic carbocycles. The molecular formula is C17H16ClN5O2. The number of hydrogen-bond acceptors (Lipinski definition) is 5. The Morgan fingerprint density at radius 3 is 2.72 bits per heavy atom. The Kier molecular flexibility index (Phi) is 4.95. The molecule has 0 bridgehead atoms. The molecule has 3 aromatic rings. The minimum atomic E-state index is -0.312. The number of methoxy groups -OCH3 is 1. The topological polar surface area (TPSA) is 81.9 Å². The van der Waals surface area contributed by atoms with Crippen LogP contribution in [0, 0.1) is 6.92 Å². The predicted octanol–water partition coefficient (Wildman–Crippen LogP) is 2.95. The molecule has 1 heterocycles. The minimum absolute atomic E-state index is 0.0749. The SMILES string of the molecule is COc1ccc(Cl)cc1NC(=O)Cn1nnc(-c2ccc(C)cc2)n1. The molecule has 1 amide bonds. The van der Waals surface area contributed by atoms with Crippen molar-refractivity contribution in [2.45, 2.75) is 13.5 Å². The van der Waals surface area contributed by atoms with Gasteiger partial charge in [-0.05, 0) is 30.3 Å². The summed E-state index contributed by atoms with van der Waals surface area (Å²) in [6.45, 7) is 1.93. The molecule has 7 nitrogen and oxygen atoms in total. The number of ether oxygens (including phenoxy) is 1. The molecule has 0 spiro atoms. The van der Waals surface area contributed by atoms with E-state index in [4.69, 9.17) is 16.3 Å². The number of rotatable bonds is 5. The van der Waals surface area contributed by atoms with Gasteiger partial charge in [-0.2, -0.15) is 4.80 Å². The van der Waals surface area contributed by atoms with Crippen molar-refractivity contribution in [1.82, 2.24) is 20.2 Å². The number of nitrogens with one attached hydrogen (secondary N) is 1. The monoisotopic (exact) mass is 357 g/mol. The van der Waals surface area contributed by atoms with E-state index in [1.54, 1.807) is 18.2 Å². The lowest BCUT2D eigenvalue weighted by Gasteiger charge is -2.10. The standard InChI is InChI=1S/C17H16ClN5O2/c1-11-3-5-12(6-4-11)17-20-22-23(21-17)10-16(24)19-14-9-13(18)7-8-15(14)25-2/h3-9H,10H2,1-2H3,(H,19,24). The maximum atomic E-state index is 12.2. The van der Waals surface area contributed by atoms with Gasteiger partial charge in [0.1, 0.15) is 12.3 Å². The average Bonchev–Trinajstić information content (AvgIpc) is 3.04. The van der Waals surface area contributed by atoms with Gasteiger partial charge in [0.15, 0.2) is 0 Å². The maximum absolute atomic E-state index is 12.2. The van der Waals surface area contributed by atoms with Gasteiger partial charge in [-0.3, -0.25) is 4.79 Å². The fourth-order valence-corrected chi connectivity index (χ4v) is 2.40. The normalized spacial score (nSPS) is 10.5. The lowest BCUT2D eigenvalue weighted by Crippen LogP contribution is -2.20. The van der Waals surface area contributed by atoms with Crippen LogP contribution in [0.25, 0.3) is 11.4 Å². The number of tetrazole rings is 1. The summed E-state index contributed by atoms with van der Waals surface area (Å²) in [4.78, 5) is 13.5. The summed E-state index contributed by atoms with van der Waals surface area (Å²) >= 11 is 5.95. The molecule has 0 aliphatic rings. The molecular weight excluding hydrogens is 342 g/mol. The van der Waals surface area contributed by atoms with E-state index >= 15 is 0 Å². The highest BCUT2D eigenvalue weighted by Crippen LogP contribution is 2.27. The Morgan fingerprint density at radius 2 is 2.00 bits per heavy atom. The molecule has 0 atom stereocenters. The molecule has 0 aliphatic carbocycles. The lowest BCUT2D eigenvalue weighted by atomic mass is 10.1. The summed E-state index contributed by atoms with van der Waals surface area (Å²) in [6, 6.07) is 12.7. The molecule has 128 valence electrons. The summed E-state index contributed by atoms with van der Waals surface area (Å²) in [6.07, 6.45) is 0. The summed E-state index contributed by atoms with van der Waals surface area (Å²) in [5.74, 6) is 0.672. The summed E-state index contributed by atoms with van der Waals surface area (Å²) in [5, 5.41) is 15.3. The number of aryl methyl sites for hydroxylation is 1. The zero-order valence-corrected chi connectivity index (χ0v) is 14.5. The molecule has 0 radical (unpaired) electrons. The van der Waals surface area contributed by atoms with Crippen molar-refractivity contribution in [3.63, 3.8) is 0 Å². The van der Waals surface area contributed by atoms with Gasteiger partial charge in [0.05, 0.1) is 12.8 Å². The molecule has 0 aliphatic heterocycles. The first-order valence-corrected chi connectivity index (χ1v) is 7.91. The van der Waals surface area contributed by atoms with Crippen LogP contribution in [-0.2, 0) is 11.3 Å². The highest BCUT2D eigenvalue weighted by molar-refractivity contribution is 6.31. The Hall–Kier alpha value is -2.93. The van der Waals surface area contributed by atoms with Gasteiger partial charge in [0.2, 0.25) is 11.7 Å². The molecule has 0 saturated heterocycles. The first-order chi connectivity index (χ1) is 12.0. The van der Waals surface area contributed by atoms with Gasteiger partial charge in [0, 0.05) is 10.6 Å². The van der Waals surface area contributed by atoms with E-state index in [9.17, 15) is 4.79 Å². The third-order valence-electron chi connectivity index (χ3n) is 3.48. The fraction of sp³-hybridized carbons (Fsp3) is 0.176. The van der Waals surface area contributed by atoms with Crippen molar-refractivity contribution in [2.24, 2.45) is 0 Å². The number of amides is 1. The Balaban J connectivity index is 1.70. The van der Waals surface area contributed by atoms with Crippen LogP contribution in [0.2, 0.25) is 5.02 Å². The number of nitrogens with zero attached hydrogens (tertiary/aromatic N) is 4. The van der Waals surface area contributed by atoms with E-state index in [0.717, 1.165) is 11.1 Å². The van der Waals surface area contributed by atoms with E-state index in [1.807, 2.05) is 31.2 Å².